The molecular formula is C25H26N6O3. The molecule has 1 aliphatic heterocycles. The number of urea groups is 1. The summed E-state index contributed by atoms with van der Waals surface area (Å²) in [6, 6.07) is 15.1. The Morgan fingerprint density at radius 2 is 1.76 bits per heavy atom. The zero-order valence-corrected chi connectivity index (χ0v) is 19.1. The fourth-order valence-corrected chi connectivity index (χ4v) is 4.13. The molecule has 4 aromatic rings. The van der Waals surface area contributed by atoms with Gasteiger partial charge in [0.2, 0.25) is 5.95 Å². The van der Waals surface area contributed by atoms with Crippen LogP contribution in [-0.4, -0.2) is 53.2 Å². The Balaban J connectivity index is 1.44. The van der Waals surface area contributed by atoms with Crippen molar-refractivity contribution >= 4 is 34.4 Å². The summed E-state index contributed by atoms with van der Waals surface area (Å²) in [6.07, 6.45) is 3.94. The first-order valence-corrected chi connectivity index (χ1v) is 11.1. The summed E-state index contributed by atoms with van der Waals surface area (Å²) in [6.45, 7) is 1.60. The summed E-state index contributed by atoms with van der Waals surface area (Å²) in [5.74, 6) is 1.71. The Morgan fingerprint density at radius 1 is 0.971 bits per heavy atom. The summed E-state index contributed by atoms with van der Waals surface area (Å²) in [5.41, 5.74) is 3.82. The van der Waals surface area contributed by atoms with E-state index in [0.29, 0.717) is 28.8 Å². The summed E-state index contributed by atoms with van der Waals surface area (Å²) in [4.78, 5) is 26.9. The van der Waals surface area contributed by atoms with Crippen LogP contribution < -0.4 is 20.1 Å². The van der Waals surface area contributed by atoms with Gasteiger partial charge < -0.3 is 30.0 Å². The van der Waals surface area contributed by atoms with Gasteiger partial charge in [0.15, 0.2) is 11.5 Å². The smallest absolute Gasteiger partial charge is 0.321 e. The molecule has 3 N–H and O–H groups in total. The number of aromatic amines is 1. The van der Waals surface area contributed by atoms with E-state index in [1.165, 1.54) is 0 Å². The van der Waals surface area contributed by atoms with Gasteiger partial charge in [-0.1, -0.05) is 6.07 Å². The lowest BCUT2D eigenvalue weighted by Gasteiger charge is -2.16. The van der Waals surface area contributed by atoms with Crippen molar-refractivity contribution in [3.63, 3.8) is 0 Å². The Hall–Kier alpha value is -4.27. The van der Waals surface area contributed by atoms with E-state index in [1.54, 1.807) is 14.2 Å². The molecule has 0 aliphatic carbocycles. The molecule has 1 saturated heterocycles. The van der Waals surface area contributed by atoms with Crippen LogP contribution in [-0.2, 0) is 0 Å². The van der Waals surface area contributed by atoms with Crippen LogP contribution in [0.5, 0.6) is 11.5 Å². The van der Waals surface area contributed by atoms with Crippen LogP contribution in [0.25, 0.3) is 22.3 Å². The lowest BCUT2D eigenvalue weighted by molar-refractivity contribution is 0.222. The molecular weight excluding hydrogens is 432 g/mol. The summed E-state index contributed by atoms with van der Waals surface area (Å²) >= 11 is 0. The highest BCUT2D eigenvalue weighted by molar-refractivity contribution is 5.93. The number of carbonyl (C=O) groups is 1. The number of methoxy groups -OCH3 is 2. The molecule has 0 unspecified atom stereocenters. The number of rotatable bonds is 6. The molecule has 1 fully saturated rings. The maximum Gasteiger partial charge on any atom is 0.321 e. The van der Waals surface area contributed by atoms with Gasteiger partial charge in [-0.15, -0.1) is 0 Å². The van der Waals surface area contributed by atoms with Crippen molar-refractivity contribution in [2.24, 2.45) is 0 Å². The van der Waals surface area contributed by atoms with Crippen molar-refractivity contribution in [1.29, 1.82) is 0 Å². The fourth-order valence-electron chi connectivity index (χ4n) is 4.13. The van der Waals surface area contributed by atoms with Crippen molar-refractivity contribution in [3.05, 3.63) is 54.7 Å². The van der Waals surface area contributed by atoms with Crippen molar-refractivity contribution in [1.82, 2.24) is 19.9 Å². The zero-order valence-electron chi connectivity index (χ0n) is 19.1. The minimum absolute atomic E-state index is 0.0746. The molecule has 0 atom stereocenters. The van der Waals surface area contributed by atoms with Crippen LogP contribution >= 0.6 is 0 Å². The second-order valence-corrected chi connectivity index (χ2v) is 8.04. The van der Waals surface area contributed by atoms with Crippen molar-refractivity contribution in [2.75, 3.05) is 37.9 Å². The number of carbonyl (C=O) groups excluding carboxylic acids is 1. The molecule has 3 heterocycles. The number of hydrogen-bond donors (Lipinski definition) is 3. The summed E-state index contributed by atoms with van der Waals surface area (Å²) < 4.78 is 10.8. The van der Waals surface area contributed by atoms with Gasteiger partial charge in [0, 0.05) is 41.6 Å². The topological polar surface area (TPSA) is 104 Å². The lowest BCUT2D eigenvalue weighted by Crippen LogP contribution is -2.32. The lowest BCUT2D eigenvalue weighted by atomic mass is 10.1. The number of fused-ring (bicyclic) bond motifs is 1. The minimum Gasteiger partial charge on any atom is -0.493 e. The zero-order chi connectivity index (χ0) is 23.5. The Morgan fingerprint density at radius 3 is 2.56 bits per heavy atom. The molecule has 34 heavy (non-hydrogen) atoms. The number of nitrogens with one attached hydrogen (secondary N) is 3. The van der Waals surface area contributed by atoms with E-state index < -0.39 is 0 Å². The fraction of sp³-hybridized carbons (Fsp3) is 0.240. The first-order valence-electron chi connectivity index (χ1n) is 11.1. The number of benzene rings is 2. The van der Waals surface area contributed by atoms with Crippen LogP contribution in [0.4, 0.5) is 22.1 Å². The van der Waals surface area contributed by atoms with Gasteiger partial charge in [-0.05, 0) is 55.3 Å². The Labute approximate surface area is 197 Å². The van der Waals surface area contributed by atoms with Crippen molar-refractivity contribution in [2.45, 2.75) is 12.8 Å². The first-order chi connectivity index (χ1) is 16.6. The predicted molar refractivity (Wildman–Crippen MR) is 132 cm³/mol. The molecule has 2 amide bonds. The summed E-state index contributed by atoms with van der Waals surface area (Å²) in [5, 5.41) is 7.13. The van der Waals surface area contributed by atoms with E-state index in [2.05, 4.69) is 20.6 Å². The third kappa shape index (κ3) is 4.32. The van der Waals surface area contributed by atoms with Gasteiger partial charge in [-0.3, -0.25) is 0 Å². The maximum atomic E-state index is 12.4. The van der Waals surface area contributed by atoms with Gasteiger partial charge in [0.1, 0.15) is 5.65 Å². The van der Waals surface area contributed by atoms with Crippen LogP contribution in [0.2, 0.25) is 0 Å². The van der Waals surface area contributed by atoms with E-state index >= 15 is 0 Å². The molecule has 5 rings (SSSR count). The van der Waals surface area contributed by atoms with E-state index in [9.17, 15) is 4.79 Å². The number of hydrogen-bond acceptors (Lipinski definition) is 6. The third-order valence-corrected chi connectivity index (χ3v) is 5.84. The number of likely N-dealkylation sites (tertiary alicyclic amines) is 1. The average molecular weight is 459 g/mol. The van der Waals surface area contributed by atoms with E-state index in [4.69, 9.17) is 14.5 Å². The average Bonchev–Trinajstić information content (AvgIpc) is 3.56. The highest BCUT2D eigenvalue weighted by atomic mass is 16.5. The van der Waals surface area contributed by atoms with E-state index in [1.807, 2.05) is 59.6 Å². The number of anilines is 3. The molecule has 2 aromatic heterocycles. The predicted octanol–water partition coefficient (Wildman–Crippen LogP) is 5.01. The van der Waals surface area contributed by atoms with Gasteiger partial charge in [0.25, 0.3) is 0 Å². The highest BCUT2D eigenvalue weighted by Gasteiger charge is 2.18. The number of H-pyrrole nitrogens is 1. The molecule has 0 radical (unpaired) electrons. The monoisotopic (exact) mass is 458 g/mol. The molecule has 2 aromatic carbocycles. The second kappa shape index (κ2) is 9.30. The maximum absolute atomic E-state index is 12.4. The van der Waals surface area contributed by atoms with Crippen LogP contribution in [0.1, 0.15) is 12.8 Å². The quantitative estimate of drug-likeness (QED) is 0.375. The van der Waals surface area contributed by atoms with Crippen LogP contribution in [0, 0.1) is 0 Å². The minimum atomic E-state index is -0.0746. The molecule has 0 bridgehead atoms. The van der Waals surface area contributed by atoms with Gasteiger partial charge >= 0.3 is 6.03 Å². The SMILES string of the molecule is COc1ccc(-c2nc(Nc3cccc(NC(=O)N4CCCC4)c3)nc3[nH]ccc23)cc1OC. The normalized spacial score (nSPS) is 13.2. The van der Waals surface area contributed by atoms with Crippen LogP contribution in [0.3, 0.4) is 0 Å². The van der Waals surface area contributed by atoms with Crippen molar-refractivity contribution < 1.29 is 14.3 Å². The molecule has 1 aliphatic rings. The Kier molecular flexibility index (Phi) is 5.90. The van der Waals surface area contributed by atoms with Crippen LogP contribution in [0.15, 0.2) is 54.7 Å². The number of aromatic nitrogens is 3. The number of ether oxygens (including phenoxy) is 2. The van der Waals surface area contributed by atoms with E-state index in [0.717, 1.165) is 48.3 Å². The van der Waals surface area contributed by atoms with Gasteiger partial charge in [-0.2, -0.15) is 4.98 Å². The second-order valence-electron chi connectivity index (χ2n) is 8.04. The molecule has 0 spiro atoms. The summed E-state index contributed by atoms with van der Waals surface area (Å²) in [7, 11) is 3.21. The standard InChI is InChI=1S/C25H26N6O3/c1-33-20-9-8-16(14-21(20)34-2)22-19-10-11-26-23(19)30-24(29-22)27-17-6-5-7-18(15-17)28-25(32)31-12-3-4-13-31/h5-11,14-15H,3-4,12-13H2,1-2H3,(H,28,32)(H2,26,27,29,30). The largest absolute Gasteiger partial charge is 0.493 e. The van der Waals surface area contributed by atoms with Crippen molar-refractivity contribution in [3.8, 4) is 22.8 Å². The Bertz CT molecular complexity index is 1330. The molecule has 174 valence electrons. The third-order valence-electron chi connectivity index (χ3n) is 5.84. The van der Waals surface area contributed by atoms with Gasteiger partial charge in [-0.25, -0.2) is 9.78 Å². The molecule has 9 nitrogen and oxygen atoms in total. The van der Waals surface area contributed by atoms with Gasteiger partial charge in [0.05, 0.1) is 19.9 Å². The molecule has 9 heteroatoms. The first kappa shape index (κ1) is 21.6. The number of amides is 2. The molecule has 0 saturated carbocycles. The highest BCUT2D eigenvalue weighted by Crippen LogP contribution is 2.35. The number of nitrogens with zero attached hydrogens (tertiary/aromatic N) is 3. The van der Waals surface area contributed by atoms with E-state index in [-0.39, 0.29) is 6.03 Å².